The molecule has 0 atom stereocenters. The number of carbonyl (C=O) groups is 3. The summed E-state index contributed by atoms with van der Waals surface area (Å²) in [6.07, 6.45) is -1.19. The second kappa shape index (κ2) is 18.2. The summed E-state index contributed by atoms with van der Waals surface area (Å²) in [5, 5.41) is 24.9. The molecule has 0 heterocycles. The summed E-state index contributed by atoms with van der Waals surface area (Å²) < 4.78 is 32.0. The molecule has 0 fully saturated rings. The Labute approximate surface area is 291 Å². The van der Waals surface area contributed by atoms with E-state index in [1.807, 2.05) is 30.3 Å². The predicted molar refractivity (Wildman–Crippen MR) is 179 cm³/mol. The molecule has 16 heteroatoms. The molecule has 51 heavy (non-hydrogen) atoms. The number of carbonyl (C=O) groups excluding carboxylic acids is 3. The van der Waals surface area contributed by atoms with Crippen LogP contribution in [0.4, 0.5) is 16.2 Å². The van der Waals surface area contributed by atoms with Gasteiger partial charge < -0.3 is 33.7 Å². The summed E-state index contributed by atoms with van der Waals surface area (Å²) in [5.74, 6) is -0.143. The van der Waals surface area contributed by atoms with Crippen molar-refractivity contribution in [2.75, 3.05) is 27.4 Å². The Morgan fingerprint density at radius 2 is 1.35 bits per heavy atom. The van der Waals surface area contributed by atoms with Crippen molar-refractivity contribution < 1.29 is 52.7 Å². The zero-order valence-electron chi connectivity index (χ0n) is 27.5. The second-order valence-electron chi connectivity index (χ2n) is 10.6. The van der Waals surface area contributed by atoms with Gasteiger partial charge in [0.2, 0.25) is 5.91 Å². The van der Waals surface area contributed by atoms with Crippen molar-refractivity contribution in [1.82, 2.24) is 5.32 Å². The Bertz CT molecular complexity index is 1870. The molecule has 0 radical (unpaired) electrons. The van der Waals surface area contributed by atoms with E-state index in [2.05, 4.69) is 5.32 Å². The first-order valence-corrected chi connectivity index (χ1v) is 15.3. The third-order valence-corrected chi connectivity index (χ3v) is 7.18. The van der Waals surface area contributed by atoms with Crippen LogP contribution in [-0.2, 0) is 45.1 Å². The lowest BCUT2D eigenvalue weighted by molar-refractivity contribution is -0.385. The number of amides is 1. The molecule has 0 spiro atoms. The highest BCUT2D eigenvalue weighted by Crippen LogP contribution is 2.32. The van der Waals surface area contributed by atoms with E-state index in [9.17, 15) is 34.6 Å². The summed E-state index contributed by atoms with van der Waals surface area (Å²) in [5.41, 5.74) is 1.68. The minimum atomic E-state index is -1.06. The van der Waals surface area contributed by atoms with Crippen molar-refractivity contribution in [3.05, 3.63) is 127 Å². The number of hydrogen-bond acceptors (Lipinski definition) is 13. The lowest BCUT2D eigenvalue weighted by Crippen LogP contribution is -2.25. The van der Waals surface area contributed by atoms with Gasteiger partial charge in [0.25, 0.3) is 11.4 Å². The number of nitro groups is 2. The van der Waals surface area contributed by atoms with Gasteiger partial charge in [-0.2, -0.15) is 0 Å². The standard InChI is InChI=1S/C35H33N3O13/c1-46-30-13-10-28(38(44)45)17-26(30)22-50-34(40)20-24-18-31(47-2)32(19-25(24)21-36-33(39)16-23-6-4-3-5-7-23)48-14-15-49-35(41)51-29-11-8-27(9-12-29)37(42)43/h3-13,17-19H,14-16,20-22H2,1-2H3,(H,36,39). The SMILES string of the molecule is COc1ccc([N+](=O)[O-])cc1COC(=O)Cc1cc(OC)c(OCCOC(=O)Oc2ccc([N+](=O)[O-])cc2)cc1CNC(=O)Cc1ccccc1. The predicted octanol–water partition coefficient (Wildman–Crippen LogP) is 5.26. The third kappa shape index (κ3) is 11.2. The van der Waals surface area contributed by atoms with E-state index >= 15 is 0 Å². The van der Waals surface area contributed by atoms with E-state index in [1.165, 1.54) is 56.7 Å². The zero-order valence-corrected chi connectivity index (χ0v) is 27.5. The fourth-order valence-corrected chi connectivity index (χ4v) is 4.68. The molecule has 0 saturated carbocycles. The highest BCUT2D eigenvalue weighted by molar-refractivity contribution is 5.79. The number of ether oxygens (including phenoxy) is 6. The molecule has 1 amide bonds. The Morgan fingerprint density at radius 3 is 2.02 bits per heavy atom. The van der Waals surface area contributed by atoms with Crippen LogP contribution in [0, 0.1) is 20.2 Å². The van der Waals surface area contributed by atoms with Gasteiger partial charge >= 0.3 is 12.1 Å². The average Bonchev–Trinajstić information content (AvgIpc) is 3.12. The second-order valence-corrected chi connectivity index (χ2v) is 10.6. The molecule has 16 nitrogen and oxygen atoms in total. The fraction of sp³-hybridized carbons (Fsp3) is 0.229. The third-order valence-electron chi connectivity index (χ3n) is 7.18. The first kappa shape index (κ1) is 37.1. The van der Waals surface area contributed by atoms with E-state index in [0.29, 0.717) is 22.4 Å². The van der Waals surface area contributed by atoms with Crippen molar-refractivity contribution in [2.45, 2.75) is 26.0 Å². The Kier molecular flexibility index (Phi) is 13.2. The Balaban J connectivity index is 1.43. The summed E-state index contributed by atoms with van der Waals surface area (Å²) in [4.78, 5) is 58.8. The molecule has 4 aromatic carbocycles. The average molecular weight is 704 g/mol. The zero-order chi connectivity index (χ0) is 36.8. The molecular formula is C35H33N3O13. The maximum atomic E-state index is 13.0. The van der Waals surface area contributed by atoms with Crippen molar-refractivity contribution in [3.63, 3.8) is 0 Å². The number of nitrogens with zero attached hydrogens (tertiary/aromatic N) is 2. The van der Waals surface area contributed by atoms with Gasteiger partial charge in [-0.15, -0.1) is 0 Å². The number of benzene rings is 4. The molecule has 0 saturated heterocycles. The van der Waals surface area contributed by atoms with Crippen LogP contribution in [-0.4, -0.2) is 55.3 Å². The molecule has 0 aliphatic carbocycles. The monoisotopic (exact) mass is 703 g/mol. The smallest absolute Gasteiger partial charge is 0.496 e. The molecule has 1 N–H and O–H groups in total. The van der Waals surface area contributed by atoms with E-state index < -0.39 is 22.0 Å². The van der Waals surface area contributed by atoms with Gasteiger partial charge in [-0.25, -0.2) is 4.79 Å². The van der Waals surface area contributed by atoms with Crippen LogP contribution in [0.25, 0.3) is 0 Å². The lowest BCUT2D eigenvalue weighted by Gasteiger charge is -2.17. The Hall–Kier alpha value is -6.71. The number of non-ortho nitro benzene ring substituents is 2. The minimum absolute atomic E-state index is 0.00536. The van der Waals surface area contributed by atoms with Gasteiger partial charge in [0.1, 0.15) is 31.3 Å². The van der Waals surface area contributed by atoms with E-state index in [4.69, 9.17) is 28.4 Å². The van der Waals surface area contributed by atoms with E-state index in [0.717, 1.165) is 5.56 Å². The largest absolute Gasteiger partial charge is 0.513 e. The summed E-state index contributed by atoms with van der Waals surface area (Å²) in [7, 11) is 2.78. The van der Waals surface area contributed by atoms with E-state index in [1.54, 1.807) is 12.1 Å². The topological polar surface area (TPSA) is 205 Å². The van der Waals surface area contributed by atoms with Gasteiger partial charge in [0.05, 0.1) is 36.9 Å². The van der Waals surface area contributed by atoms with Crippen molar-refractivity contribution in [2.24, 2.45) is 0 Å². The van der Waals surface area contributed by atoms with Crippen molar-refractivity contribution >= 4 is 29.4 Å². The van der Waals surface area contributed by atoms with Gasteiger partial charge in [0, 0.05) is 36.4 Å². The number of esters is 1. The van der Waals surface area contributed by atoms with Gasteiger partial charge in [0.15, 0.2) is 11.5 Å². The van der Waals surface area contributed by atoms with Crippen LogP contribution in [0.1, 0.15) is 22.3 Å². The number of hydrogen-bond donors (Lipinski definition) is 1. The summed E-state index contributed by atoms with van der Waals surface area (Å²) in [6.45, 7) is -0.672. The van der Waals surface area contributed by atoms with Crippen LogP contribution in [0.2, 0.25) is 0 Å². The van der Waals surface area contributed by atoms with E-state index in [-0.39, 0.29) is 73.7 Å². The molecule has 0 aliphatic rings. The normalized spacial score (nSPS) is 10.4. The van der Waals surface area contributed by atoms with Crippen LogP contribution in [0.15, 0.2) is 84.9 Å². The van der Waals surface area contributed by atoms with Crippen LogP contribution < -0.4 is 24.3 Å². The molecule has 0 bridgehead atoms. The summed E-state index contributed by atoms with van der Waals surface area (Å²) in [6, 6.07) is 21.1. The van der Waals surface area contributed by atoms with Crippen molar-refractivity contribution in [3.8, 4) is 23.0 Å². The molecule has 0 aliphatic heterocycles. The maximum absolute atomic E-state index is 13.0. The van der Waals surface area contributed by atoms with Crippen LogP contribution >= 0.6 is 0 Å². The number of methoxy groups -OCH3 is 2. The number of nitro benzene ring substituents is 2. The maximum Gasteiger partial charge on any atom is 0.513 e. The van der Waals surface area contributed by atoms with Crippen LogP contribution in [0.5, 0.6) is 23.0 Å². The lowest BCUT2D eigenvalue weighted by atomic mass is 10.0. The fourth-order valence-electron chi connectivity index (χ4n) is 4.68. The quantitative estimate of drug-likeness (QED) is 0.0490. The summed E-state index contributed by atoms with van der Waals surface area (Å²) >= 11 is 0. The number of rotatable bonds is 17. The molecule has 0 aromatic heterocycles. The Morgan fingerprint density at radius 1 is 0.686 bits per heavy atom. The molecule has 4 aromatic rings. The molecule has 0 unspecified atom stereocenters. The van der Waals surface area contributed by atoms with Crippen LogP contribution in [0.3, 0.4) is 0 Å². The molecular weight excluding hydrogens is 670 g/mol. The van der Waals surface area contributed by atoms with Gasteiger partial charge in [-0.1, -0.05) is 30.3 Å². The van der Waals surface area contributed by atoms with Crippen molar-refractivity contribution in [1.29, 1.82) is 0 Å². The highest BCUT2D eigenvalue weighted by Gasteiger charge is 2.19. The molecule has 266 valence electrons. The van der Waals surface area contributed by atoms with Gasteiger partial charge in [-0.05, 0) is 47.0 Å². The van der Waals surface area contributed by atoms with Gasteiger partial charge in [-0.3, -0.25) is 29.8 Å². The highest BCUT2D eigenvalue weighted by atomic mass is 16.7. The minimum Gasteiger partial charge on any atom is -0.496 e. The number of nitrogens with one attached hydrogen (secondary N) is 1. The molecule has 4 rings (SSSR count). The first-order valence-electron chi connectivity index (χ1n) is 15.3. The first-order chi connectivity index (χ1) is 24.6.